The van der Waals surface area contributed by atoms with Crippen molar-refractivity contribution in [2.45, 2.75) is 24.2 Å². The number of thioether (sulfide) groups is 1. The van der Waals surface area contributed by atoms with Gasteiger partial charge in [0.2, 0.25) is 0 Å². The molecule has 0 saturated heterocycles. The second kappa shape index (κ2) is 8.36. The van der Waals surface area contributed by atoms with E-state index in [0.29, 0.717) is 18.1 Å². The highest BCUT2D eigenvalue weighted by atomic mass is 32.2. The molecule has 140 valence electrons. The van der Waals surface area contributed by atoms with Crippen molar-refractivity contribution >= 4 is 22.5 Å². The second-order valence-electron chi connectivity index (χ2n) is 6.61. The summed E-state index contributed by atoms with van der Waals surface area (Å²) in [5, 5.41) is 2.43. The molecule has 0 aliphatic rings. The molecule has 0 fully saturated rings. The normalized spacial score (nSPS) is 10.9. The van der Waals surface area contributed by atoms with Crippen LogP contribution in [0, 0.1) is 6.92 Å². The van der Waals surface area contributed by atoms with Crippen molar-refractivity contribution in [1.82, 2.24) is 0 Å². The Kier molecular flexibility index (Phi) is 5.49. The minimum absolute atomic E-state index is 0.303. The maximum absolute atomic E-state index is 11.5. The minimum Gasteiger partial charge on any atom is -0.489 e. The van der Waals surface area contributed by atoms with Gasteiger partial charge >= 0.3 is 5.63 Å². The second-order valence-corrected chi connectivity index (χ2v) is 7.66. The maximum atomic E-state index is 11.5. The van der Waals surface area contributed by atoms with Crippen LogP contribution in [-0.4, -0.2) is 0 Å². The number of aryl methyl sites for hydroxylation is 1. The highest BCUT2D eigenvalue weighted by Gasteiger charge is 2.05. The van der Waals surface area contributed by atoms with E-state index in [9.17, 15) is 4.79 Å². The molecule has 4 heteroatoms. The summed E-state index contributed by atoms with van der Waals surface area (Å²) < 4.78 is 11.3. The van der Waals surface area contributed by atoms with Crippen LogP contribution in [0.15, 0.2) is 93.0 Å². The van der Waals surface area contributed by atoms with Crippen molar-refractivity contribution in [3.8, 4) is 5.75 Å². The van der Waals surface area contributed by atoms with Gasteiger partial charge in [-0.2, -0.15) is 0 Å². The van der Waals surface area contributed by atoms with Gasteiger partial charge in [-0.25, -0.2) is 4.79 Å². The van der Waals surface area contributed by atoms with Gasteiger partial charge in [-0.3, -0.25) is 0 Å². The van der Waals surface area contributed by atoms with Gasteiger partial charge in [0.1, 0.15) is 18.1 Å². The third kappa shape index (κ3) is 4.46. The SMILES string of the molecule is Cc1cc(CSc2cccc(OCc3cccc4ccccc34)c2)oc(=O)c1. The summed E-state index contributed by atoms with van der Waals surface area (Å²) in [5.74, 6) is 2.10. The molecule has 28 heavy (non-hydrogen) atoms. The molecule has 3 aromatic carbocycles. The van der Waals surface area contributed by atoms with Crippen LogP contribution in [0.3, 0.4) is 0 Å². The molecule has 0 saturated carbocycles. The van der Waals surface area contributed by atoms with Crippen LogP contribution in [-0.2, 0) is 12.4 Å². The Morgan fingerprint density at radius 2 is 1.75 bits per heavy atom. The van der Waals surface area contributed by atoms with E-state index in [1.165, 1.54) is 16.8 Å². The van der Waals surface area contributed by atoms with Gasteiger partial charge in [0, 0.05) is 11.0 Å². The number of hydrogen-bond acceptors (Lipinski definition) is 4. The lowest BCUT2D eigenvalue weighted by atomic mass is 10.1. The van der Waals surface area contributed by atoms with Crippen LogP contribution in [0.5, 0.6) is 5.75 Å². The highest BCUT2D eigenvalue weighted by Crippen LogP contribution is 2.27. The molecule has 0 aliphatic carbocycles. The zero-order chi connectivity index (χ0) is 19.3. The van der Waals surface area contributed by atoms with Gasteiger partial charge in [0.15, 0.2) is 0 Å². The fourth-order valence-electron chi connectivity index (χ4n) is 3.13. The number of rotatable bonds is 6. The third-order valence-electron chi connectivity index (χ3n) is 4.43. The van der Waals surface area contributed by atoms with E-state index in [0.717, 1.165) is 21.8 Å². The largest absolute Gasteiger partial charge is 0.489 e. The first-order chi connectivity index (χ1) is 13.7. The standard InChI is InChI=1S/C24H20O3S/c1-17-12-21(27-24(25)13-17)16-28-22-10-5-9-20(14-22)26-15-19-8-4-7-18-6-2-3-11-23(18)19/h2-14H,15-16H2,1H3. The summed E-state index contributed by atoms with van der Waals surface area (Å²) in [6.45, 7) is 2.41. The fraction of sp³-hybridized carbons (Fsp3) is 0.125. The number of hydrogen-bond donors (Lipinski definition) is 0. The Bertz CT molecular complexity index is 1160. The Morgan fingerprint density at radius 1 is 0.929 bits per heavy atom. The first kappa shape index (κ1) is 18.4. The van der Waals surface area contributed by atoms with E-state index in [-0.39, 0.29) is 5.63 Å². The Morgan fingerprint density at radius 3 is 2.64 bits per heavy atom. The van der Waals surface area contributed by atoms with Crippen molar-refractivity contribution in [3.05, 3.63) is 106 Å². The molecule has 4 aromatic rings. The first-order valence-electron chi connectivity index (χ1n) is 9.10. The number of fused-ring (bicyclic) bond motifs is 1. The first-order valence-corrected chi connectivity index (χ1v) is 10.1. The molecule has 1 heterocycles. The van der Waals surface area contributed by atoms with Gasteiger partial charge in [0.25, 0.3) is 0 Å². The average Bonchev–Trinajstić information content (AvgIpc) is 2.70. The van der Waals surface area contributed by atoms with Crippen molar-refractivity contribution in [2.75, 3.05) is 0 Å². The molecule has 0 unspecified atom stereocenters. The van der Waals surface area contributed by atoms with E-state index < -0.39 is 0 Å². The zero-order valence-corrected chi connectivity index (χ0v) is 16.4. The lowest BCUT2D eigenvalue weighted by Gasteiger charge is -2.10. The Hall–Kier alpha value is -2.98. The van der Waals surface area contributed by atoms with Crippen LogP contribution >= 0.6 is 11.8 Å². The molecular weight excluding hydrogens is 368 g/mol. The quantitative estimate of drug-likeness (QED) is 0.381. The van der Waals surface area contributed by atoms with Crippen molar-refractivity contribution in [2.24, 2.45) is 0 Å². The summed E-state index contributed by atoms with van der Waals surface area (Å²) in [4.78, 5) is 12.6. The minimum atomic E-state index is -0.303. The van der Waals surface area contributed by atoms with Crippen LogP contribution in [0.4, 0.5) is 0 Å². The molecule has 1 aromatic heterocycles. The van der Waals surface area contributed by atoms with Gasteiger partial charge in [0.05, 0.1) is 5.75 Å². The zero-order valence-electron chi connectivity index (χ0n) is 15.6. The molecule has 0 amide bonds. The van der Waals surface area contributed by atoms with E-state index >= 15 is 0 Å². The molecule has 3 nitrogen and oxygen atoms in total. The molecule has 0 radical (unpaired) electrons. The predicted octanol–water partition coefficient (Wildman–Crippen LogP) is 5.97. The number of ether oxygens (including phenoxy) is 1. The van der Waals surface area contributed by atoms with Crippen molar-refractivity contribution in [3.63, 3.8) is 0 Å². The summed E-state index contributed by atoms with van der Waals surface area (Å²) in [5.41, 5.74) is 1.78. The molecular formula is C24H20O3S. The van der Waals surface area contributed by atoms with E-state index in [1.807, 2.05) is 49.4 Å². The van der Waals surface area contributed by atoms with Gasteiger partial charge < -0.3 is 9.15 Å². The monoisotopic (exact) mass is 388 g/mol. The van der Waals surface area contributed by atoms with E-state index in [2.05, 4.69) is 30.3 Å². The topological polar surface area (TPSA) is 39.4 Å². The molecule has 0 N–H and O–H groups in total. The molecule has 4 rings (SSSR count). The lowest BCUT2D eigenvalue weighted by Crippen LogP contribution is -1.99. The summed E-state index contributed by atoms with van der Waals surface area (Å²) in [6, 6.07) is 26.0. The van der Waals surface area contributed by atoms with Crippen molar-refractivity contribution < 1.29 is 9.15 Å². The van der Waals surface area contributed by atoms with Crippen LogP contribution in [0.2, 0.25) is 0 Å². The van der Waals surface area contributed by atoms with Crippen LogP contribution < -0.4 is 10.4 Å². The van der Waals surface area contributed by atoms with Crippen LogP contribution in [0.1, 0.15) is 16.9 Å². The highest BCUT2D eigenvalue weighted by molar-refractivity contribution is 7.98. The Balaban J connectivity index is 1.44. The van der Waals surface area contributed by atoms with E-state index in [1.54, 1.807) is 11.8 Å². The van der Waals surface area contributed by atoms with Crippen LogP contribution in [0.25, 0.3) is 10.8 Å². The Labute approximate surface area is 168 Å². The smallest absolute Gasteiger partial charge is 0.336 e. The molecule has 0 atom stereocenters. The fourth-order valence-corrected chi connectivity index (χ4v) is 3.95. The van der Waals surface area contributed by atoms with Crippen molar-refractivity contribution in [1.29, 1.82) is 0 Å². The molecule has 0 spiro atoms. The average molecular weight is 388 g/mol. The molecule has 0 bridgehead atoms. The number of benzene rings is 3. The van der Waals surface area contributed by atoms with Gasteiger partial charge in [-0.1, -0.05) is 48.5 Å². The van der Waals surface area contributed by atoms with Gasteiger partial charge in [-0.15, -0.1) is 11.8 Å². The molecule has 0 aliphatic heterocycles. The summed E-state index contributed by atoms with van der Waals surface area (Å²) in [7, 11) is 0. The predicted molar refractivity (Wildman–Crippen MR) is 114 cm³/mol. The third-order valence-corrected chi connectivity index (χ3v) is 5.44. The summed E-state index contributed by atoms with van der Waals surface area (Å²) in [6.07, 6.45) is 0. The van der Waals surface area contributed by atoms with E-state index in [4.69, 9.17) is 9.15 Å². The van der Waals surface area contributed by atoms with Gasteiger partial charge in [-0.05, 0) is 53.1 Å². The maximum Gasteiger partial charge on any atom is 0.336 e. The lowest BCUT2D eigenvalue weighted by molar-refractivity contribution is 0.307. The summed E-state index contributed by atoms with van der Waals surface area (Å²) >= 11 is 1.62.